The van der Waals surface area contributed by atoms with Crippen LogP contribution in [0, 0.1) is 6.92 Å². The van der Waals surface area contributed by atoms with E-state index in [4.69, 9.17) is 4.55 Å². The van der Waals surface area contributed by atoms with Gasteiger partial charge in [0.25, 0.3) is 10.1 Å². The first-order chi connectivity index (χ1) is 6.94. The van der Waals surface area contributed by atoms with Crippen molar-refractivity contribution >= 4 is 21.3 Å². The fourth-order valence-electron chi connectivity index (χ4n) is 1.35. The molecule has 0 aliphatic carbocycles. The number of nitrogens with zero attached hydrogens (tertiary/aromatic N) is 2. The second-order valence-electron chi connectivity index (χ2n) is 3.26. The van der Waals surface area contributed by atoms with Gasteiger partial charge >= 0.3 is 0 Å². The highest BCUT2D eigenvalue weighted by Crippen LogP contribution is 2.12. The van der Waals surface area contributed by atoms with Gasteiger partial charge < -0.3 is 4.98 Å². The van der Waals surface area contributed by atoms with Crippen LogP contribution in [-0.4, -0.2) is 27.9 Å². The van der Waals surface area contributed by atoms with Crippen LogP contribution in [0.15, 0.2) is 12.3 Å². The molecule has 0 aliphatic heterocycles. The molecule has 2 heterocycles. The van der Waals surface area contributed by atoms with Crippen molar-refractivity contribution in [2.45, 2.75) is 12.7 Å². The molecule has 80 valence electrons. The molecular formula is C8H9N3O3S. The van der Waals surface area contributed by atoms with Crippen LogP contribution in [0.25, 0.3) is 11.2 Å². The average Bonchev–Trinajstić information content (AvgIpc) is 2.40. The first-order valence-corrected chi connectivity index (χ1v) is 5.81. The third kappa shape index (κ3) is 2.31. The Labute approximate surface area is 86.1 Å². The minimum absolute atomic E-state index is 0.425. The summed E-state index contributed by atoms with van der Waals surface area (Å²) in [6, 6.07) is 1.61. The smallest absolute Gasteiger partial charge is 0.269 e. The van der Waals surface area contributed by atoms with E-state index in [1.165, 1.54) is 6.20 Å². The summed E-state index contributed by atoms with van der Waals surface area (Å²) in [6.45, 7) is 1.78. The summed E-state index contributed by atoms with van der Waals surface area (Å²) in [4.78, 5) is 11.0. The molecule has 0 saturated carbocycles. The molecule has 0 spiro atoms. The number of aromatic amines is 1. The fraction of sp³-hybridized carbons (Fsp3) is 0.250. The Kier molecular flexibility index (Phi) is 2.20. The zero-order valence-corrected chi connectivity index (χ0v) is 8.74. The van der Waals surface area contributed by atoms with E-state index < -0.39 is 15.9 Å². The summed E-state index contributed by atoms with van der Waals surface area (Å²) in [5, 5.41) is 0. The third-order valence-corrected chi connectivity index (χ3v) is 2.56. The molecule has 0 atom stereocenters. The second kappa shape index (κ2) is 3.28. The Bertz CT molecular complexity index is 603. The molecule has 7 heteroatoms. The summed E-state index contributed by atoms with van der Waals surface area (Å²) in [5.41, 5.74) is 1.62. The standard InChI is InChI=1S/C8H9N3O3S/c1-5-10-7-2-6(4-15(12,13)14)3-9-8(7)11-5/h2-3H,4H2,1H3,(H,9,10,11)(H,12,13,14). The van der Waals surface area contributed by atoms with Gasteiger partial charge in [0.2, 0.25) is 0 Å². The molecule has 2 rings (SSSR count). The predicted octanol–water partition coefficient (Wildman–Crippen LogP) is 0.654. The maximum absolute atomic E-state index is 10.6. The lowest BCUT2D eigenvalue weighted by Gasteiger charge is -1.96. The van der Waals surface area contributed by atoms with Crippen molar-refractivity contribution in [2.24, 2.45) is 0 Å². The van der Waals surface area contributed by atoms with E-state index in [2.05, 4.69) is 15.0 Å². The molecule has 0 fully saturated rings. The number of rotatable bonds is 2. The van der Waals surface area contributed by atoms with E-state index in [0.29, 0.717) is 22.6 Å². The van der Waals surface area contributed by atoms with Crippen molar-refractivity contribution in [2.75, 3.05) is 0 Å². The lowest BCUT2D eigenvalue weighted by molar-refractivity contribution is 0.482. The zero-order chi connectivity index (χ0) is 11.1. The van der Waals surface area contributed by atoms with Gasteiger partial charge in [0.15, 0.2) is 5.65 Å². The van der Waals surface area contributed by atoms with Gasteiger partial charge in [-0.3, -0.25) is 4.55 Å². The molecule has 2 aromatic rings. The first-order valence-electron chi connectivity index (χ1n) is 4.20. The second-order valence-corrected chi connectivity index (χ2v) is 4.72. The molecule has 0 radical (unpaired) electrons. The fourth-order valence-corrected chi connectivity index (χ4v) is 1.93. The summed E-state index contributed by atoms with van der Waals surface area (Å²) in [5.74, 6) is 0.273. The number of fused-ring (bicyclic) bond motifs is 1. The minimum Gasteiger partial charge on any atom is -0.341 e. The van der Waals surface area contributed by atoms with E-state index in [-0.39, 0.29) is 0 Å². The van der Waals surface area contributed by atoms with Crippen molar-refractivity contribution in [3.63, 3.8) is 0 Å². The van der Waals surface area contributed by atoms with Crippen LogP contribution in [0.3, 0.4) is 0 Å². The van der Waals surface area contributed by atoms with Crippen LogP contribution in [0.4, 0.5) is 0 Å². The van der Waals surface area contributed by atoms with Crippen LogP contribution in [0.5, 0.6) is 0 Å². The maximum Gasteiger partial charge on any atom is 0.269 e. The van der Waals surface area contributed by atoms with Gasteiger partial charge in [-0.15, -0.1) is 0 Å². The molecule has 2 N–H and O–H groups in total. The average molecular weight is 227 g/mol. The largest absolute Gasteiger partial charge is 0.341 e. The van der Waals surface area contributed by atoms with Gasteiger partial charge in [-0.1, -0.05) is 0 Å². The highest BCUT2D eigenvalue weighted by molar-refractivity contribution is 7.85. The maximum atomic E-state index is 10.6. The van der Waals surface area contributed by atoms with Crippen molar-refractivity contribution < 1.29 is 13.0 Å². The Morgan fingerprint density at radius 3 is 2.93 bits per heavy atom. The molecule has 0 aromatic carbocycles. The van der Waals surface area contributed by atoms with Crippen LogP contribution >= 0.6 is 0 Å². The molecule has 0 bridgehead atoms. The van der Waals surface area contributed by atoms with Crippen LogP contribution in [-0.2, 0) is 15.9 Å². The predicted molar refractivity (Wildman–Crippen MR) is 53.9 cm³/mol. The van der Waals surface area contributed by atoms with Gasteiger partial charge in [0.05, 0.1) is 5.52 Å². The lowest BCUT2D eigenvalue weighted by Crippen LogP contribution is -2.01. The van der Waals surface area contributed by atoms with Crippen molar-refractivity contribution in [1.82, 2.24) is 15.0 Å². The SMILES string of the molecule is Cc1nc2ncc(CS(=O)(=O)O)cc2[nH]1. The Hall–Kier alpha value is -1.47. The number of imidazole rings is 1. The molecule has 15 heavy (non-hydrogen) atoms. The van der Waals surface area contributed by atoms with Crippen molar-refractivity contribution in [3.05, 3.63) is 23.7 Å². The van der Waals surface area contributed by atoms with Crippen molar-refractivity contribution in [1.29, 1.82) is 0 Å². The molecule has 0 aliphatic rings. The zero-order valence-electron chi connectivity index (χ0n) is 7.93. The molecule has 0 unspecified atom stereocenters. The number of aryl methyl sites for hydroxylation is 1. The summed E-state index contributed by atoms with van der Waals surface area (Å²) in [7, 11) is -4.01. The number of hydrogen-bond acceptors (Lipinski definition) is 4. The van der Waals surface area contributed by atoms with E-state index in [9.17, 15) is 8.42 Å². The number of pyridine rings is 1. The molecule has 6 nitrogen and oxygen atoms in total. The number of H-pyrrole nitrogens is 1. The van der Waals surface area contributed by atoms with Gasteiger partial charge in [-0.2, -0.15) is 8.42 Å². The third-order valence-electron chi connectivity index (χ3n) is 1.86. The minimum atomic E-state index is -4.01. The van der Waals surface area contributed by atoms with Crippen molar-refractivity contribution in [3.8, 4) is 0 Å². The van der Waals surface area contributed by atoms with E-state index in [1.807, 2.05) is 0 Å². The highest BCUT2D eigenvalue weighted by atomic mass is 32.2. The van der Waals surface area contributed by atoms with Gasteiger partial charge in [-0.25, -0.2) is 9.97 Å². The Morgan fingerprint density at radius 2 is 2.27 bits per heavy atom. The van der Waals surface area contributed by atoms with Gasteiger partial charge in [0.1, 0.15) is 11.6 Å². The summed E-state index contributed by atoms with van der Waals surface area (Å²) in [6.07, 6.45) is 1.39. The number of nitrogens with one attached hydrogen (secondary N) is 1. The van der Waals surface area contributed by atoms with Crippen LogP contribution in [0.1, 0.15) is 11.4 Å². The van der Waals surface area contributed by atoms with E-state index in [0.717, 1.165) is 0 Å². The molecule has 2 aromatic heterocycles. The van der Waals surface area contributed by atoms with Crippen LogP contribution in [0.2, 0.25) is 0 Å². The van der Waals surface area contributed by atoms with Gasteiger partial charge in [-0.05, 0) is 18.6 Å². The van der Waals surface area contributed by atoms with E-state index >= 15 is 0 Å². The first kappa shape index (κ1) is 10.1. The highest BCUT2D eigenvalue weighted by Gasteiger charge is 2.09. The number of hydrogen-bond donors (Lipinski definition) is 2. The quantitative estimate of drug-likeness (QED) is 0.734. The normalized spacial score (nSPS) is 12.1. The monoisotopic (exact) mass is 227 g/mol. The number of aromatic nitrogens is 3. The van der Waals surface area contributed by atoms with Crippen LogP contribution < -0.4 is 0 Å². The topological polar surface area (TPSA) is 95.9 Å². The Morgan fingerprint density at radius 1 is 1.53 bits per heavy atom. The van der Waals surface area contributed by atoms with Gasteiger partial charge in [0, 0.05) is 6.20 Å². The summed E-state index contributed by atoms with van der Waals surface area (Å²) >= 11 is 0. The lowest BCUT2D eigenvalue weighted by atomic mass is 10.3. The molecular weight excluding hydrogens is 218 g/mol. The van der Waals surface area contributed by atoms with E-state index in [1.54, 1.807) is 13.0 Å². The molecule has 0 saturated heterocycles. The summed E-state index contributed by atoms with van der Waals surface area (Å²) < 4.78 is 30.0. The Balaban J connectivity index is 2.47. The molecule has 0 amide bonds.